The lowest BCUT2D eigenvalue weighted by Gasteiger charge is -2.13. The van der Waals surface area contributed by atoms with E-state index in [0.29, 0.717) is 21.7 Å². The second-order valence-electron chi connectivity index (χ2n) is 4.41. The van der Waals surface area contributed by atoms with Crippen molar-refractivity contribution in [2.75, 3.05) is 6.54 Å². The van der Waals surface area contributed by atoms with Crippen LogP contribution < -0.4 is 10.1 Å². The zero-order valence-corrected chi connectivity index (χ0v) is 12.9. The minimum absolute atomic E-state index is 0.244. The summed E-state index contributed by atoms with van der Waals surface area (Å²) in [7, 11) is 0. The van der Waals surface area contributed by atoms with Gasteiger partial charge in [-0.1, -0.05) is 30.1 Å². The van der Waals surface area contributed by atoms with Gasteiger partial charge in [-0.2, -0.15) is 0 Å². The number of hydrogen-bond acceptors (Lipinski definition) is 3. The number of pyridine rings is 1. The molecule has 0 bridgehead atoms. The number of aromatic nitrogens is 1. The third kappa shape index (κ3) is 4.10. The minimum atomic E-state index is 0.244. The van der Waals surface area contributed by atoms with E-state index in [4.69, 9.17) is 27.9 Å². The minimum Gasteiger partial charge on any atom is -0.439 e. The Labute approximate surface area is 128 Å². The van der Waals surface area contributed by atoms with Crippen LogP contribution in [0.3, 0.4) is 0 Å². The summed E-state index contributed by atoms with van der Waals surface area (Å²) < 4.78 is 5.70. The average Bonchev–Trinajstić information content (AvgIpc) is 2.38. The van der Waals surface area contributed by atoms with E-state index in [9.17, 15) is 0 Å². The zero-order valence-electron chi connectivity index (χ0n) is 11.4. The van der Waals surface area contributed by atoms with Crippen molar-refractivity contribution in [2.45, 2.75) is 19.9 Å². The molecular formula is C15H16Cl2N2O. The standard InChI is InChI=1S/C15H16Cl2N2O/c1-3-18-10(2)11-4-5-19-15(6-11)20-14-8-12(16)7-13(17)9-14/h4-10,18H,3H2,1-2H3. The van der Waals surface area contributed by atoms with Crippen LogP contribution in [0.4, 0.5) is 0 Å². The Balaban J connectivity index is 2.19. The van der Waals surface area contributed by atoms with Crippen LogP contribution in [-0.4, -0.2) is 11.5 Å². The molecule has 0 aliphatic carbocycles. The first-order chi connectivity index (χ1) is 9.58. The lowest BCUT2D eigenvalue weighted by atomic mass is 10.1. The summed E-state index contributed by atoms with van der Waals surface area (Å²) in [5.74, 6) is 1.09. The van der Waals surface area contributed by atoms with Gasteiger partial charge < -0.3 is 10.1 Å². The monoisotopic (exact) mass is 310 g/mol. The van der Waals surface area contributed by atoms with E-state index >= 15 is 0 Å². The van der Waals surface area contributed by atoms with Gasteiger partial charge in [0.15, 0.2) is 0 Å². The molecule has 0 fully saturated rings. The van der Waals surface area contributed by atoms with E-state index in [-0.39, 0.29) is 6.04 Å². The Hall–Kier alpha value is -1.29. The van der Waals surface area contributed by atoms with E-state index in [1.165, 1.54) is 0 Å². The molecule has 0 aliphatic heterocycles. The normalized spacial score (nSPS) is 12.2. The molecule has 0 saturated heterocycles. The molecule has 1 unspecified atom stereocenters. The third-order valence-electron chi connectivity index (χ3n) is 2.83. The molecule has 1 heterocycles. The van der Waals surface area contributed by atoms with Crippen LogP contribution in [0.5, 0.6) is 11.6 Å². The summed E-state index contributed by atoms with van der Waals surface area (Å²) >= 11 is 11.9. The van der Waals surface area contributed by atoms with Crippen LogP contribution in [0.25, 0.3) is 0 Å². The number of nitrogens with zero attached hydrogens (tertiary/aromatic N) is 1. The van der Waals surface area contributed by atoms with Crippen LogP contribution in [0.2, 0.25) is 10.0 Å². The molecule has 0 saturated carbocycles. The summed E-state index contributed by atoms with van der Waals surface area (Å²) in [6.07, 6.45) is 1.73. The predicted octanol–water partition coefficient (Wildman–Crippen LogP) is 4.85. The fraction of sp³-hybridized carbons (Fsp3) is 0.267. The Morgan fingerprint density at radius 3 is 2.55 bits per heavy atom. The molecule has 0 radical (unpaired) electrons. The second kappa shape index (κ2) is 6.93. The lowest BCUT2D eigenvalue weighted by Crippen LogP contribution is -2.17. The first-order valence-corrected chi connectivity index (χ1v) is 7.17. The molecule has 3 nitrogen and oxygen atoms in total. The van der Waals surface area contributed by atoms with Crippen molar-refractivity contribution in [1.82, 2.24) is 10.3 Å². The van der Waals surface area contributed by atoms with Gasteiger partial charge in [-0.15, -0.1) is 0 Å². The molecule has 20 heavy (non-hydrogen) atoms. The van der Waals surface area contributed by atoms with Gasteiger partial charge in [-0.3, -0.25) is 0 Å². The fourth-order valence-corrected chi connectivity index (χ4v) is 2.39. The number of benzene rings is 1. The largest absolute Gasteiger partial charge is 0.439 e. The molecule has 1 atom stereocenters. The number of halogens is 2. The van der Waals surface area contributed by atoms with Crippen LogP contribution >= 0.6 is 23.2 Å². The van der Waals surface area contributed by atoms with Crippen molar-refractivity contribution >= 4 is 23.2 Å². The number of nitrogens with one attached hydrogen (secondary N) is 1. The Bertz CT molecular complexity index is 570. The maximum absolute atomic E-state index is 5.94. The molecule has 1 N–H and O–H groups in total. The molecule has 1 aromatic carbocycles. The number of hydrogen-bond donors (Lipinski definition) is 1. The highest BCUT2D eigenvalue weighted by Gasteiger charge is 2.07. The lowest BCUT2D eigenvalue weighted by molar-refractivity contribution is 0.460. The van der Waals surface area contributed by atoms with Crippen LogP contribution in [0.1, 0.15) is 25.5 Å². The van der Waals surface area contributed by atoms with Crippen molar-refractivity contribution in [2.24, 2.45) is 0 Å². The Kier molecular flexibility index (Phi) is 5.24. The molecular weight excluding hydrogens is 295 g/mol. The molecule has 106 valence electrons. The van der Waals surface area contributed by atoms with Gasteiger partial charge in [0.05, 0.1) is 0 Å². The van der Waals surface area contributed by atoms with E-state index < -0.39 is 0 Å². The first kappa shape index (κ1) is 15.1. The topological polar surface area (TPSA) is 34.2 Å². The quantitative estimate of drug-likeness (QED) is 0.857. The van der Waals surface area contributed by atoms with E-state index in [1.54, 1.807) is 24.4 Å². The van der Waals surface area contributed by atoms with E-state index in [1.807, 2.05) is 12.1 Å². The van der Waals surface area contributed by atoms with Crippen LogP contribution in [0.15, 0.2) is 36.5 Å². The molecule has 1 aromatic heterocycles. The highest BCUT2D eigenvalue weighted by atomic mass is 35.5. The van der Waals surface area contributed by atoms with Crippen molar-refractivity contribution in [1.29, 1.82) is 0 Å². The number of ether oxygens (including phenoxy) is 1. The zero-order chi connectivity index (χ0) is 14.5. The van der Waals surface area contributed by atoms with Gasteiger partial charge in [0.25, 0.3) is 0 Å². The summed E-state index contributed by atoms with van der Waals surface area (Å²) in [5, 5.41) is 4.41. The first-order valence-electron chi connectivity index (χ1n) is 6.41. The van der Waals surface area contributed by atoms with Crippen molar-refractivity contribution in [3.8, 4) is 11.6 Å². The molecule has 5 heteroatoms. The Morgan fingerprint density at radius 1 is 1.20 bits per heavy atom. The second-order valence-corrected chi connectivity index (χ2v) is 5.29. The summed E-state index contributed by atoms with van der Waals surface area (Å²) in [6, 6.07) is 9.18. The highest BCUT2D eigenvalue weighted by molar-refractivity contribution is 6.34. The average molecular weight is 311 g/mol. The summed E-state index contributed by atoms with van der Waals surface area (Å²) in [5.41, 5.74) is 1.12. The molecule has 2 aromatic rings. The molecule has 2 rings (SSSR count). The maximum atomic E-state index is 5.94. The van der Waals surface area contributed by atoms with E-state index in [0.717, 1.165) is 12.1 Å². The Morgan fingerprint density at radius 2 is 1.90 bits per heavy atom. The van der Waals surface area contributed by atoms with Crippen molar-refractivity contribution in [3.63, 3.8) is 0 Å². The van der Waals surface area contributed by atoms with Crippen LogP contribution in [0, 0.1) is 0 Å². The van der Waals surface area contributed by atoms with Gasteiger partial charge >= 0.3 is 0 Å². The SMILES string of the molecule is CCNC(C)c1ccnc(Oc2cc(Cl)cc(Cl)c2)c1. The smallest absolute Gasteiger partial charge is 0.219 e. The van der Waals surface area contributed by atoms with Crippen molar-refractivity contribution in [3.05, 3.63) is 52.1 Å². The van der Waals surface area contributed by atoms with Gasteiger partial charge in [-0.05, 0) is 43.3 Å². The maximum Gasteiger partial charge on any atom is 0.219 e. The van der Waals surface area contributed by atoms with Crippen molar-refractivity contribution < 1.29 is 4.74 Å². The summed E-state index contributed by atoms with van der Waals surface area (Å²) in [6.45, 7) is 5.07. The summed E-state index contributed by atoms with van der Waals surface area (Å²) in [4.78, 5) is 4.20. The predicted molar refractivity (Wildman–Crippen MR) is 82.9 cm³/mol. The van der Waals surface area contributed by atoms with Gasteiger partial charge in [0, 0.05) is 28.4 Å². The van der Waals surface area contributed by atoms with Gasteiger partial charge in [0.2, 0.25) is 5.88 Å². The molecule has 0 aliphatic rings. The third-order valence-corrected chi connectivity index (χ3v) is 3.26. The van der Waals surface area contributed by atoms with Crippen LogP contribution in [-0.2, 0) is 0 Å². The highest BCUT2D eigenvalue weighted by Crippen LogP contribution is 2.28. The van der Waals surface area contributed by atoms with Gasteiger partial charge in [0.1, 0.15) is 5.75 Å². The number of rotatable bonds is 5. The fourth-order valence-electron chi connectivity index (χ4n) is 1.88. The van der Waals surface area contributed by atoms with E-state index in [2.05, 4.69) is 24.1 Å². The molecule has 0 spiro atoms. The van der Waals surface area contributed by atoms with Gasteiger partial charge in [-0.25, -0.2) is 4.98 Å². The molecule has 0 amide bonds.